The van der Waals surface area contributed by atoms with Gasteiger partial charge in [-0.25, -0.2) is 9.79 Å². The highest BCUT2D eigenvalue weighted by molar-refractivity contribution is 9.10. The molecule has 6 heteroatoms. The lowest BCUT2D eigenvalue weighted by atomic mass is 10.3. The summed E-state index contributed by atoms with van der Waals surface area (Å²) < 4.78 is 15.9. The smallest absolute Gasteiger partial charge is 0.364 e. The predicted molar refractivity (Wildman–Crippen MR) is 65.7 cm³/mol. The van der Waals surface area contributed by atoms with Gasteiger partial charge in [-0.1, -0.05) is 0 Å². The average Bonchev–Trinajstić information content (AvgIpc) is 3.02. The lowest BCUT2D eigenvalue weighted by molar-refractivity contribution is -0.130. The zero-order valence-corrected chi connectivity index (χ0v) is 10.5. The maximum atomic E-state index is 11.6. The molecule has 90 valence electrons. The summed E-state index contributed by atoms with van der Waals surface area (Å²) in [5.41, 5.74) is 0.170. The second-order valence-electron chi connectivity index (χ2n) is 3.46. The summed E-state index contributed by atoms with van der Waals surface area (Å²) in [6.45, 7) is 0. The molecule has 0 bridgehead atoms. The van der Waals surface area contributed by atoms with E-state index in [9.17, 15) is 4.79 Å². The van der Waals surface area contributed by atoms with Gasteiger partial charge < -0.3 is 13.6 Å². The highest BCUT2D eigenvalue weighted by Gasteiger charge is 2.26. The van der Waals surface area contributed by atoms with Gasteiger partial charge in [0.05, 0.1) is 6.26 Å². The van der Waals surface area contributed by atoms with Crippen LogP contribution >= 0.6 is 15.9 Å². The Bertz CT molecular complexity index is 651. The van der Waals surface area contributed by atoms with Crippen molar-refractivity contribution in [2.75, 3.05) is 0 Å². The number of nitrogens with zero attached hydrogens (tertiary/aromatic N) is 1. The fourth-order valence-corrected chi connectivity index (χ4v) is 1.77. The first-order valence-electron chi connectivity index (χ1n) is 5.04. The van der Waals surface area contributed by atoms with Crippen molar-refractivity contribution in [2.24, 2.45) is 4.99 Å². The van der Waals surface area contributed by atoms with Crippen molar-refractivity contribution in [3.8, 4) is 0 Å². The molecule has 5 nitrogen and oxygen atoms in total. The lowest BCUT2D eigenvalue weighted by Crippen LogP contribution is -2.04. The minimum Gasteiger partial charge on any atom is -0.459 e. The topological polar surface area (TPSA) is 64.9 Å². The number of rotatable bonds is 2. The first-order chi connectivity index (χ1) is 8.72. The minimum absolute atomic E-state index is 0.155. The van der Waals surface area contributed by atoms with Crippen LogP contribution in [0.5, 0.6) is 0 Å². The van der Waals surface area contributed by atoms with E-state index in [0.29, 0.717) is 16.2 Å². The summed E-state index contributed by atoms with van der Waals surface area (Å²) in [6, 6.07) is 6.80. The van der Waals surface area contributed by atoms with E-state index in [-0.39, 0.29) is 11.6 Å². The van der Waals surface area contributed by atoms with Crippen LogP contribution in [-0.4, -0.2) is 11.9 Å². The summed E-state index contributed by atoms with van der Waals surface area (Å²) in [4.78, 5) is 15.6. The largest absolute Gasteiger partial charge is 0.459 e. The molecule has 1 aliphatic heterocycles. The Morgan fingerprint density at radius 2 is 2.17 bits per heavy atom. The first-order valence-corrected chi connectivity index (χ1v) is 5.83. The molecule has 2 aromatic rings. The monoisotopic (exact) mass is 307 g/mol. The molecular weight excluding hydrogens is 302 g/mol. The van der Waals surface area contributed by atoms with Gasteiger partial charge in [-0.3, -0.25) is 0 Å². The van der Waals surface area contributed by atoms with E-state index in [2.05, 4.69) is 20.9 Å². The van der Waals surface area contributed by atoms with E-state index in [0.717, 1.165) is 0 Å². The molecule has 0 radical (unpaired) electrons. The third-order valence-corrected chi connectivity index (χ3v) is 2.65. The minimum atomic E-state index is -0.533. The lowest BCUT2D eigenvalue weighted by Gasteiger charge is -1.91. The van der Waals surface area contributed by atoms with Gasteiger partial charge in [0.25, 0.3) is 5.90 Å². The van der Waals surface area contributed by atoms with Gasteiger partial charge in [-0.05, 0) is 40.2 Å². The number of halogens is 1. The molecule has 0 aromatic carbocycles. The highest BCUT2D eigenvalue weighted by Crippen LogP contribution is 2.21. The Morgan fingerprint density at radius 1 is 1.28 bits per heavy atom. The molecule has 18 heavy (non-hydrogen) atoms. The van der Waals surface area contributed by atoms with E-state index >= 15 is 0 Å². The summed E-state index contributed by atoms with van der Waals surface area (Å²) in [5.74, 6) is 0.543. The first kappa shape index (κ1) is 11.0. The molecule has 1 aliphatic rings. The number of carbonyl (C=O) groups is 1. The van der Waals surface area contributed by atoms with Crippen molar-refractivity contribution < 1.29 is 18.4 Å². The van der Waals surface area contributed by atoms with Gasteiger partial charge in [-0.15, -0.1) is 0 Å². The quantitative estimate of drug-likeness (QED) is 0.632. The molecule has 0 atom stereocenters. The number of esters is 1. The zero-order valence-electron chi connectivity index (χ0n) is 8.92. The van der Waals surface area contributed by atoms with Crippen LogP contribution in [0.3, 0.4) is 0 Å². The van der Waals surface area contributed by atoms with Crippen molar-refractivity contribution in [1.29, 1.82) is 0 Å². The SMILES string of the molecule is O=C1OC(c2ccco2)=NC1=Cc1ccc(Br)o1. The normalized spacial score (nSPS) is 17.1. The molecule has 0 amide bonds. The Balaban J connectivity index is 1.94. The van der Waals surface area contributed by atoms with Gasteiger partial charge >= 0.3 is 5.97 Å². The van der Waals surface area contributed by atoms with Gasteiger partial charge in [-0.2, -0.15) is 0 Å². The number of ether oxygens (including phenoxy) is 1. The molecular formula is C12H6BrNO4. The maximum absolute atomic E-state index is 11.6. The number of hydrogen-bond acceptors (Lipinski definition) is 5. The summed E-state index contributed by atoms with van der Waals surface area (Å²) in [6.07, 6.45) is 2.99. The molecule has 0 aliphatic carbocycles. The Labute approximate surface area is 110 Å². The van der Waals surface area contributed by atoms with Crippen LogP contribution < -0.4 is 0 Å². The van der Waals surface area contributed by atoms with Crippen LogP contribution in [0.4, 0.5) is 0 Å². The van der Waals surface area contributed by atoms with Crippen LogP contribution in [0.2, 0.25) is 0 Å². The third kappa shape index (κ3) is 2.02. The van der Waals surface area contributed by atoms with Crippen LogP contribution in [-0.2, 0) is 9.53 Å². The van der Waals surface area contributed by atoms with E-state index < -0.39 is 5.97 Å². The van der Waals surface area contributed by atoms with E-state index in [1.165, 1.54) is 12.3 Å². The van der Waals surface area contributed by atoms with Crippen molar-refractivity contribution in [2.45, 2.75) is 0 Å². The molecule has 0 N–H and O–H groups in total. The van der Waals surface area contributed by atoms with E-state index in [1.54, 1.807) is 24.3 Å². The van der Waals surface area contributed by atoms with Crippen molar-refractivity contribution in [3.63, 3.8) is 0 Å². The second-order valence-corrected chi connectivity index (χ2v) is 4.24. The van der Waals surface area contributed by atoms with E-state index in [1.807, 2.05) is 0 Å². The highest BCUT2D eigenvalue weighted by atomic mass is 79.9. The molecule has 0 saturated heterocycles. The number of hydrogen-bond donors (Lipinski definition) is 0. The van der Waals surface area contributed by atoms with Crippen LogP contribution in [0.25, 0.3) is 6.08 Å². The average molecular weight is 308 g/mol. The van der Waals surface area contributed by atoms with Gasteiger partial charge in [0.2, 0.25) is 0 Å². The standard InChI is InChI=1S/C12H6BrNO4/c13-10-4-3-7(17-10)6-8-12(15)18-11(14-8)9-2-1-5-16-9/h1-6H. The molecule has 2 aromatic heterocycles. The van der Waals surface area contributed by atoms with Gasteiger partial charge in [0.15, 0.2) is 16.1 Å². The molecule has 0 fully saturated rings. The van der Waals surface area contributed by atoms with Crippen LogP contribution in [0.1, 0.15) is 11.5 Å². The van der Waals surface area contributed by atoms with Gasteiger partial charge in [0, 0.05) is 6.08 Å². The molecule has 0 spiro atoms. The van der Waals surface area contributed by atoms with Crippen molar-refractivity contribution in [3.05, 3.63) is 52.4 Å². The van der Waals surface area contributed by atoms with Crippen molar-refractivity contribution >= 4 is 33.9 Å². The Hall–Kier alpha value is -2.08. The summed E-state index contributed by atoms with van der Waals surface area (Å²) >= 11 is 3.18. The Kier molecular flexibility index (Phi) is 2.64. The van der Waals surface area contributed by atoms with Crippen LogP contribution in [0, 0.1) is 0 Å². The van der Waals surface area contributed by atoms with Crippen molar-refractivity contribution in [1.82, 2.24) is 0 Å². The fourth-order valence-electron chi connectivity index (χ4n) is 1.46. The molecule has 0 saturated carbocycles. The fraction of sp³-hybridized carbons (Fsp3) is 0. The number of cyclic esters (lactones) is 1. The molecule has 3 rings (SSSR count). The maximum Gasteiger partial charge on any atom is 0.364 e. The summed E-state index contributed by atoms with van der Waals surface area (Å²) in [7, 11) is 0. The van der Waals surface area contributed by atoms with Crippen LogP contribution in [0.15, 0.2) is 54.7 Å². The molecule has 0 unspecified atom stereocenters. The second kappa shape index (κ2) is 4.30. The zero-order chi connectivity index (χ0) is 12.5. The Morgan fingerprint density at radius 3 is 2.83 bits per heavy atom. The molecule has 3 heterocycles. The number of aliphatic imine (C=N–C) groups is 1. The van der Waals surface area contributed by atoms with E-state index in [4.69, 9.17) is 13.6 Å². The number of furan rings is 2. The summed E-state index contributed by atoms with van der Waals surface area (Å²) in [5, 5.41) is 0. The van der Waals surface area contributed by atoms with Gasteiger partial charge in [0.1, 0.15) is 5.76 Å². The third-order valence-electron chi connectivity index (χ3n) is 2.23. The predicted octanol–water partition coefficient (Wildman–Crippen LogP) is 2.98. The number of carbonyl (C=O) groups excluding carboxylic acids is 1.